The van der Waals surface area contributed by atoms with Gasteiger partial charge < -0.3 is 15.2 Å². The van der Waals surface area contributed by atoms with Gasteiger partial charge in [0.15, 0.2) is 0 Å². The zero-order chi connectivity index (χ0) is 17.2. The number of ether oxygens (including phenoxy) is 1. The second-order valence-corrected chi connectivity index (χ2v) is 6.80. The molecule has 6 heteroatoms. The lowest BCUT2D eigenvalue weighted by atomic mass is 9.85. The molecule has 2 fully saturated rings. The first-order valence-electron chi connectivity index (χ1n) is 8.71. The Kier molecular flexibility index (Phi) is 4.24. The van der Waals surface area contributed by atoms with Crippen molar-refractivity contribution in [3.63, 3.8) is 0 Å². The highest BCUT2D eigenvalue weighted by Gasteiger charge is 2.32. The first kappa shape index (κ1) is 15.9. The van der Waals surface area contributed by atoms with E-state index in [1.54, 1.807) is 24.3 Å². The second kappa shape index (κ2) is 6.69. The van der Waals surface area contributed by atoms with Crippen molar-refractivity contribution in [2.24, 2.45) is 0 Å². The smallest absolute Gasteiger partial charge is 0.233 e. The van der Waals surface area contributed by atoms with E-state index in [9.17, 15) is 5.11 Å². The fourth-order valence-electron chi connectivity index (χ4n) is 3.82. The van der Waals surface area contributed by atoms with Crippen molar-refractivity contribution in [3.05, 3.63) is 35.9 Å². The minimum absolute atomic E-state index is 0.0215. The molecule has 3 heterocycles. The normalized spacial score (nSPS) is 25.2. The van der Waals surface area contributed by atoms with Gasteiger partial charge in [0.1, 0.15) is 11.9 Å². The van der Waals surface area contributed by atoms with Gasteiger partial charge in [-0.3, -0.25) is 0 Å². The summed E-state index contributed by atoms with van der Waals surface area (Å²) in [5, 5.41) is 30.9. The number of piperidine rings is 2. The molecule has 0 saturated carbocycles. The van der Waals surface area contributed by atoms with Crippen LogP contribution in [0.1, 0.15) is 37.7 Å². The highest BCUT2D eigenvalue weighted by atomic mass is 16.5. The fourth-order valence-corrected chi connectivity index (χ4v) is 3.82. The number of benzene rings is 1. The quantitative estimate of drug-likeness (QED) is 0.895. The number of hydrogen-bond donors (Lipinski definition) is 2. The van der Waals surface area contributed by atoms with Gasteiger partial charge in [-0.2, -0.15) is 5.26 Å². The number of nitrogens with one attached hydrogen (secondary N) is 1. The second-order valence-electron chi connectivity index (χ2n) is 6.80. The predicted octanol–water partition coefficient (Wildman–Crippen LogP) is 2.77. The minimum atomic E-state index is 0.0215. The average molecular weight is 336 g/mol. The zero-order valence-electron chi connectivity index (χ0n) is 13.9. The molecule has 2 atom stereocenters. The summed E-state index contributed by atoms with van der Waals surface area (Å²) in [6.45, 7) is 0. The van der Waals surface area contributed by atoms with Gasteiger partial charge in [-0.05, 0) is 49.9 Å². The van der Waals surface area contributed by atoms with Crippen LogP contribution in [0.3, 0.4) is 0 Å². The van der Waals surface area contributed by atoms with Crippen molar-refractivity contribution in [3.8, 4) is 29.0 Å². The lowest BCUT2D eigenvalue weighted by Crippen LogP contribution is -2.51. The van der Waals surface area contributed by atoms with Crippen molar-refractivity contribution in [1.29, 1.82) is 5.26 Å². The molecule has 0 spiro atoms. The van der Waals surface area contributed by atoms with Crippen molar-refractivity contribution >= 4 is 0 Å². The third-order valence-electron chi connectivity index (χ3n) is 5.00. The van der Waals surface area contributed by atoms with Gasteiger partial charge in [0.25, 0.3) is 0 Å². The lowest BCUT2D eigenvalue weighted by Gasteiger charge is -2.39. The van der Waals surface area contributed by atoms with Gasteiger partial charge in [-0.1, -0.05) is 6.42 Å². The molecule has 2 saturated heterocycles. The summed E-state index contributed by atoms with van der Waals surface area (Å²) in [5.41, 5.74) is 1.51. The van der Waals surface area contributed by atoms with Crippen molar-refractivity contribution < 1.29 is 9.84 Å². The van der Waals surface area contributed by atoms with Crippen LogP contribution in [0.2, 0.25) is 0 Å². The molecule has 0 amide bonds. The zero-order valence-corrected chi connectivity index (χ0v) is 13.9. The molecular weight excluding hydrogens is 316 g/mol. The summed E-state index contributed by atoms with van der Waals surface area (Å²) in [6, 6.07) is 11.4. The van der Waals surface area contributed by atoms with Gasteiger partial charge in [0.05, 0.1) is 17.3 Å². The fraction of sp³-hybridized carbons (Fsp3) is 0.421. The number of hydrogen-bond acceptors (Lipinski definition) is 6. The number of nitriles is 1. The maximum Gasteiger partial charge on any atom is 0.233 e. The summed E-state index contributed by atoms with van der Waals surface area (Å²) in [4.78, 5) is 0. The van der Waals surface area contributed by atoms with Gasteiger partial charge in [0.2, 0.25) is 5.88 Å². The first-order chi connectivity index (χ1) is 12.2. The topological polar surface area (TPSA) is 91.1 Å². The molecule has 2 aromatic rings. The standard InChI is InChI=1S/C19H20N4O2/c20-11-12-4-5-16(18(24)8-12)17-6-7-19(23-22-17)25-15-9-13-2-1-3-14(10-15)21-13/h4-8,13-15,21,24H,1-3,9-10H2. The number of aromatic hydroxyl groups is 1. The van der Waals surface area contributed by atoms with E-state index >= 15 is 0 Å². The molecule has 1 aromatic heterocycles. The summed E-state index contributed by atoms with van der Waals surface area (Å²) >= 11 is 0. The van der Waals surface area contributed by atoms with Crippen LogP contribution >= 0.6 is 0 Å². The van der Waals surface area contributed by atoms with E-state index in [0.717, 1.165) is 12.8 Å². The summed E-state index contributed by atoms with van der Waals surface area (Å²) in [7, 11) is 0. The third kappa shape index (κ3) is 3.42. The molecule has 128 valence electrons. The van der Waals surface area contributed by atoms with Crippen LogP contribution in [0.25, 0.3) is 11.3 Å². The average Bonchev–Trinajstić information content (AvgIpc) is 2.62. The molecule has 25 heavy (non-hydrogen) atoms. The Hall–Kier alpha value is -2.65. The highest BCUT2D eigenvalue weighted by Crippen LogP contribution is 2.30. The Balaban J connectivity index is 1.46. The van der Waals surface area contributed by atoms with Crippen LogP contribution in [0, 0.1) is 11.3 Å². The molecular formula is C19H20N4O2. The van der Waals surface area contributed by atoms with Gasteiger partial charge in [-0.25, -0.2) is 0 Å². The molecule has 2 aliphatic heterocycles. The van der Waals surface area contributed by atoms with Crippen LogP contribution in [0.15, 0.2) is 30.3 Å². The lowest BCUT2D eigenvalue weighted by molar-refractivity contribution is 0.0881. The monoisotopic (exact) mass is 336 g/mol. The molecule has 6 nitrogen and oxygen atoms in total. The van der Waals surface area contributed by atoms with E-state index in [4.69, 9.17) is 10.00 Å². The number of fused-ring (bicyclic) bond motifs is 2. The van der Waals surface area contributed by atoms with E-state index in [-0.39, 0.29) is 11.9 Å². The van der Waals surface area contributed by atoms with Crippen LogP contribution in [-0.4, -0.2) is 33.5 Å². The van der Waals surface area contributed by atoms with Crippen LogP contribution in [-0.2, 0) is 0 Å². The predicted molar refractivity (Wildman–Crippen MR) is 92.1 cm³/mol. The van der Waals surface area contributed by atoms with Crippen LogP contribution < -0.4 is 10.1 Å². The molecule has 2 aliphatic rings. The number of phenols is 1. The van der Waals surface area contributed by atoms with Gasteiger partial charge in [0, 0.05) is 23.7 Å². The van der Waals surface area contributed by atoms with Crippen molar-refractivity contribution in [1.82, 2.24) is 15.5 Å². The molecule has 2 N–H and O–H groups in total. The third-order valence-corrected chi connectivity index (χ3v) is 5.00. The molecule has 2 unspecified atom stereocenters. The Morgan fingerprint density at radius 2 is 1.92 bits per heavy atom. The van der Waals surface area contributed by atoms with Gasteiger partial charge >= 0.3 is 0 Å². The Morgan fingerprint density at radius 1 is 1.12 bits per heavy atom. The van der Waals surface area contributed by atoms with Crippen LogP contribution in [0.5, 0.6) is 11.6 Å². The van der Waals surface area contributed by atoms with E-state index in [2.05, 4.69) is 15.5 Å². The van der Waals surface area contributed by atoms with Crippen LogP contribution in [0.4, 0.5) is 0 Å². The molecule has 4 rings (SSSR count). The van der Waals surface area contributed by atoms with Crippen molar-refractivity contribution in [2.45, 2.75) is 50.3 Å². The maximum absolute atomic E-state index is 10.0. The molecule has 0 radical (unpaired) electrons. The Morgan fingerprint density at radius 3 is 2.56 bits per heavy atom. The largest absolute Gasteiger partial charge is 0.507 e. The number of aromatic nitrogens is 2. The SMILES string of the molecule is N#Cc1ccc(-c2ccc(OC3CC4CCCC(C3)N4)nn2)c(O)c1. The first-order valence-corrected chi connectivity index (χ1v) is 8.71. The summed E-state index contributed by atoms with van der Waals surface area (Å²) in [5.74, 6) is 0.537. The molecule has 1 aromatic carbocycles. The summed E-state index contributed by atoms with van der Waals surface area (Å²) < 4.78 is 6.03. The highest BCUT2D eigenvalue weighted by molar-refractivity contribution is 5.67. The van der Waals surface area contributed by atoms with E-state index in [1.165, 1.54) is 25.3 Å². The van der Waals surface area contributed by atoms with E-state index in [1.807, 2.05) is 6.07 Å². The Bertz CT molecular complexity index is 788. The Labute approximate surface area is 146 Å². The van der Waals surface area contributed by atoms with Gasteiger partial charge in [-0.15, -0.1) is 10.2 Å². The number of nitrogens with zero attached hydrogens (tertiary/aromatic N) is 3. The van der Waals surface area contributed by atoms with E-state index < -0.39 is 0 Å². The number of rotatable bonds is 3. The summed E-state index contributed by atoms with van der Waals surface area (Å²) in [6.07, 6.45) is 5.95. The minimum Gasteiger partial charge on any atom is -0.507 e. The van der Waals surface area contributed by atoms with Crippen molar-refractivity contribution in [2.75, 3.05) is 0 Å². The molecule has 2 bridgehead atoms. The molecule has 0 aliphatic carbocycles. The van der Waals surface area contributed by atoms with E-state index in [0.29, 0.717) is 34.8 Å². The maximum atomic E-state index is 10.0. The number of phenolic OH excluding ortho intramolecular Hbond substituents is 1.